The molecular formula is C14H10N2O2S. The number of rotatable bonds is 1. The Morgan fingerprint density at radius 1 is 1.37 bits per heavy atom. The van der Waals surface area contributed by atoms with E-state index in [1.807, 2.05) is 17.6 Å². The largest absolute Gasteiger partial charge is 0.494 e. The van der Waals surface area contributed by atoms with Gasteiger partial charge in [-0.2, -0.15) is 0 Å². The number of nitrogens with zero attached hydrogens (tertiary/aromatic N) is 2. The van der Waals surface area contributed by atoms with Gasteiger partial charge < -0.3 is 4.74 Å². The molecule has 2 unspecified atom stereocenters. The summed E-state index contributed by atoms with van der Waals surface area (Å²) in [5.74, 6) is 0.639. The number of carbonyl (C=O) groups excluding carboxylic acids is 1. The number of hydrogen-bond acceptors (Lipinski definition) is 5. The minimum atomic E-state index is -0.128. The molecule has 0 fully saturated rings. The van der Waals surface area contributed by atoms with Crippen LogP contribution in [0.25, 0.3) is 10.8 Å². The number of Topliss-reactive ketones (excluding diaryl/α,β-unsaturated/α-hetero) is 1. The monoisotopic (exact) mass is 270 g/mol. The van der Waals surface area contributed by atoms with Crippen molar-refractivity contribution in [1.29, 1.82) is 0 Å². The van der Waals surface area contributed by atoms with Gasteiger partial charge in [-0.3, -0.25) is 9.78 Å². The van der Waals surface area contributed by atoms with Crippen molar-refractivity contribution in [3.63, 3.8) is 0 Å². The third kappa shape index (κ3) is 1.33. The van der Waals surface area contributed by atoms with Crippen molar-refractivity contribution in [2.45, 2.75) is 5.25 Å². The topological polar surface area (TPSA) is 52.1 Å². The van der Waals surface area contributed by atoms with Crippen molar-refractivity contribution in [1.82, 2.24) is 9.97 Å². The first-order valence-electron chi connectivity index (χ1n) is 5.99. The molecule has 2 aromatic heterocycles. The number of methoxy groups -OCH3 is 1. The minimum Gasteiger partial charge on any atom is -0.494 e. The van der Waals surface area contributed by atoms with Crippen molar-refractivity contribution in [2.75, 3.05) is 7.11 Å². The normalized spacial score (nSPS) is 23.7. The predicted octanol–water partition coefficient (Wildman–Crippen LogP) is 2.75. The molecule has 2 atom stereocenters. The second kappa shape index (κ2) is 3.81. The fraction of sp³-hybridized carbons (Fsp3) is 0.214. The molecule has 4 rings (SSSR count). The Morgan fingerprint density at radius 2 is 2.26 bits per heavy atom. The second-order valence-electron chi connectivity index (χ2n) is 4.57. The maximum atomic E-state index is 12.5. The highest BCUT2D eigenvalue weighted by Crippen LogP contribution is 2.49. The molecule has 0 spiro atoms. The van der Waals surface area contributed by atoms with Crippen LogP contribution in [0.15, 0.2) is 29.9 Å². The van der Waals surface area contributed by atoms with Crippen molar-refractivity contribution in [2.24, 2.45) is 5.92 Å². The molecule has 1 aliphatic carbocycles. The van der Waals surface area contributed by atoms with Crippen molar-refractivity contribution < 1.29 is 9.53 Å². The summed E-state index contributed by atoms with van der Waals surface area (Å²) < 4.78 is 5.33. The summed E-state index contributed by atoms with van der Waals surface area (Å²) in [5, 5.41) is 3.83. The summed E-state index contributed by atoms with van der Waals surface area (Å²) in [6.07, 6.45) is 5.34. The lowest BCUT2D eigenvalue weighted by Gasteiger charge is -2.25. The molecule has 4 nitrogen and oxygen atoms in total. The molecule has 0 N–H and O–H groups in total. The van der Waals surface area contributed by atoms with Gasteiger partial charge in [0.2, 0.25) is 0 Å². The van der Waals surface area contributed by atoms with Gasteiger partial charge in [0.25, 0.3) is 0 Å². The third-order valence-electron chi connectivity index (χ3n) is 3.66. The maximum Gasteiger partial charge on any atom is 0.190 e. The van der Waals surface area contributed by atoms with Crippen LogP contribution in [0.2, 0.25) is 0 Å². The molecule has 0 saturated carbocycles. The summed E-state index contributed by atoms with van der Waals surface area (Å²) in [6.45, 7) is 0. The van der Waals surface area contributed by atoms with E-state index in [2.05, 4.69) is 9.97 Å². The van der Waals surface area contributed by atoms with Gasteiger partial charge in [-0.15, -0.1) is 11.8 Å². The molecule has 0 radical (unpaired) electrons. The summed E-state index contributed by atoms with van der Waals surface area (Å²) in [7, 11) is 1.61. The highest BCUT2D eigenvalue weighted by molar-refractivity contribution is 8.02. The van der Waals surface area contributed by atoms with Crippen molar-refractivity contribution >= 4 is 28.3 Å². The van der Waals surface area contributed by atoms with Gasteiger partial charge >= 0.3 is 0 Å². The van der Waals surface area contributed by atoms with Crippen molar-refractivity contribution in [3.05, 3.63) is 41.3 Å². The third-order valence-corrected chi connectivity index (χ3v) is 4.78. The second-order valence-corrected chi connectivity index (χ2v) is 5.62. The van der Waals surface area contributed by atoms with Crippen LogP contribution in [0.3, 0.4) is 0 Å². The quantitative estimate of drug-likeness (QED) is 0.797. The number of pyridine rings is 2. The van der Waals surface area contributed by atoms with Gasteiger partial charge in [-0.1, -0.05) is 6.08 Å². The van der Waals surface area contributed by atoms with E-state index in [4.69, 9.17) is 4.74 Å². The zero-order chi connectivity index (χ0) is 13.0. The molecule has 3 heterocycles. The number of allylic oxidation sites excluding steroid dienone is 1. The lowest BCUT2D eigenvalue weighted by atomic mass is 9.86. The van der Waals surface area contributed by atoms with Gasteiger partial charge in [0.1, 0.15) is 11.4 Å². The molecular weight excluding hydrogens is 260 g/mol. The number of aromatic nitrogens is 2. The van der Waals surface area contributed by atoms with E-state index in [0.29, 0.717) is 11.4 Å². The van der Waals surface area contributed by atoms with Crippen LogP contribution in [0.4, 0.5) is 0 Å². The van der Waals surface area contributed by atoms with Crippen LogP contribution < -0.4 is 4.74 Å². The molecule has 1 aliphatic heterocycles. The maximum absolute atomic E-state index is 12.5. The molecule has 0 saturated heterocycles. The Bertz CT molecular complexity index is 742. The van der Waals surface area contributed by atoms with Gasteiger partial charge in [0.15, 0.2) is 5.78 Å². The van der Waals surface area contributed by atoms with E-state index in [1.54, 1.807) is 31.3 Å². The Labute approximate surface area is 113 Å². The van der Waals surface area contributed by atoms with Gasteiger partial charge in [-0.05, 0) is 11.5 Å². The van der Waals surface area contributed by atoms with Gasteiger partial charge in [0, 0.05) is 17.0 Å². The first-order valence-corrected chi connectivity index (χ1v) is 6.93. The van der Waals surface area contributed by atoms with Gasteiger partial charge in [-0.25, -0.2) is 4.98 Å². The number of ketones is 1. The molecule has 0 aromatic carbocycles. The number of fused-ring (bicyclic) bond motifs is 2. The number of thioether (sulfide) groups is 1. The molecule has 0 bridgehead atoms. The molecule has 2 aliphatic rings. The minimum absolute atomic E-state index is 0.0811. The van der Waals surface area contributed by atoms with E-state index in [-0.39, 0.29) is 17.0 Å². The molecule has 0 amide bonds. The first-order chi connectivity index (χ1) is 9.31. The van der Waals surface area contributed by atoms with Crippen molar-refractivity contribution in [3.8, 4) is 5.75 Å². The Kier molecular flexibility index (Phi) is 2.20. The summed E-state index contributed by atoms with van der Waals surface area (Å²) >= 11 is 1.65. The fourth-order valence-electron chi connectivity index (χ4n) is 2.77. The summed E-state index contributed by atoms with van der Waals surface area (Å²) in [6, 6.07) is 1.88. The van der Waals surface area contributed by atoms with Crippen LogP contribution in [-0.4, -0.2) is 22.9 Å². The standard InChI is InChI=1S/C14H10N2O2S/c1-18-9-6-16-11-10-7(9)2-4-15-12(10)14-8(13(11)17)3-5-19-14/h2-6,8,14H,1H3. The smallest absolute Gasteiger partial charge is 0.190 e. The van der Waals surface area contributed by atoms with Crippen LogP contribution in [0, 0.1) is 5.92 Å². The molecule has 5 heteroatoms. The zero-order valence-corrected chi connectivity index (χ0v) is 11.0. The highest BCUT2D eigenvalue weighted by Gasteiger charge is 2.40. The van der Waals surface area contributed by atoms with Crippen LogP contribution >= 0.6 is 11.8 Å². The predicted molar refractivity (Wildman–Crippen MR) is 73.4 cm³/mol. The zero-order valence-electron chi connectivity index (χ0n) is 10.2. The molecule has 94 valence electrons. The average Bonchev–Trinajstić information content (AvgIpc) is 2.94. The Hall–Kier alpha value is -1.88. The van der Waals surface area contributed by atoms with Crippen LogP contribution in [0.5, 0.6) is 5.75 Å². The lowest BCUT2D eigenvalue weighted by Crippen LogP contribution is -2.24. The first kappa shape index (κ1) is 11.0. The summed E-state index contributed by atoms with van der Waals surface area (Å²) in [4.78, 5) is 21.3. The number of ether oxygens (including phenoxy) is 1. The SMILES string of the molecule is COc1cnc2c3c(nccc13)C1SC=CC1C2=O. The van der Waals surface area contributed by atoms with E-state index < -0.39 is 0 Å². The van der Waals surface area contributed by atoms with E-state index in [0.717, 1.165) is 16.5 Å². The summed E-state index contributed by atoms with van der Waals surface area (Å²) in [5.41, 5.74) is 1.46. The number of hydrogen-bond donors (Lipinski definition) is 0. The van der Waals surface area contributed by atoms with Gasteiger partial charge in [0.05, 0.1) is 30.2 Å². The molecule has 19 heavy (non-hydrogen) atoms. The Morgan fingerprint density at radius 3 is 3.11 bits per heavy atom. The molecule has 2 aromatic rings. The fourth-order valence-corrected chi connectivity index (χ4v) is 3.89. The van der Waals surface area contributed by atoms with E-state index >= 15 is 0 Å². The van der Waals surface area contributed by atoms with E-state index in [9.17, 15) is 4.79 Å². The Balaban J connectivity index is 2.12. The highest BCUT2D eigenvalue weighted by atomic mass is 32.2. The average molecular weight is 270 g/mol. The number of carbonyl (C=O) groups is 1. The van der Waals surface area contributed by atoms with Crippen LogP contribution in [0.1, 0.15) is 21.4 Å². The van der Waals surface area contributed by atoms with Crippen LogP contribution in [-0.2, 0) is 0 Å². The lowest BCUT2D eigenvalue weighted by molar-refractivity contribution is 0.0937. The van der Waals surface area contributed by atoms with E-state index in [1.165, 1.54) is 0 Å².